The highest BCUT2D eigenvalue weighted by molar-refractivity contribution is 14.0. The van der Waals surface area contributed by atoms with Gasteiger partial charge < -0.3 is 15.0 Å². The van der Waals surface area contributed by atoms with Crippen molar-refractivity contribution in [1.82, 2.24) is 15.2 Å². The van der Waals surface area contributed by atoms with Gasteiger partial charge in [0.1, 0.15) is 10.9 Å². The zero-order chi connectivity index (χ0) is 17.6. The number of nitrogens with one attached hydrogen (secondary N) is 1. The number of hydrogen-bond donors (Lipinski definition) is 1. The summed E-state index contributed by atoms with van der Waals surface area (Å²) in [6.07, 6.45) is 2.91. The summed E-state index contributed by atoms with van der Waals surface area (Å²) in [6.45, 7) is 2.64. The summed E-state index contributed by atoms with van der Waals surface area (Å²) in [5, 5.41) is 3.92. The van der Waals surface area contributed by atoms with Crippen molar-refractivity contribution in [3.8, 4) is 5.75 Å². The average Bonchev–Trinajstić information content (AvgIpc) is 3.14. The van der Waals surface area contributed by atoms with Gasteiger partial charge in [-0.2, -0.15) is 0 Å². The Morgan fingerprint density at radius 3 is 2.69 bits per heavy atom. The molecule has 1 fully saturated rings. The summed E-state index contributed by atoms with van der Waals surface area (Å²) in [4.78, 5) is 10.8. The van der Waals surface area contributed by atoms with Gasteiger partial charge in [0.25, 0.3) is 0 Å². The first-order chi connectivity index (χ1) is 12.2. The number of halogens is 2. The quantitative estimate of drug-likeness (QED) is 0.308. The third-order valence-electron chi connectivity index (χ3n) is 4.53. The Balaban J connectivity index is 0.00000243. The molecule has 0 aliphatic carbocycles. The van der Waals surface area contributed by atoms with Crippen LogP contribution in [0.2, 0.25) is 5.15 Å². The van der Waals surface area contributed by atoms with E-state index in [1.54, 1.807) is 19.4 Å². The van der Waals surface area contributed by atoms with Crippen LogP contribution in [0, 0.1) is 0 Å². The molecule has 0 amide bonds. The van der Waals surface area contributed by atoms with Crippen LogP contribution in [0.25, 0.3) is 0 Å². The SMILES string of the molecule is CN=C(NCc1ccc(Cl)nc1)N1CCC(c2ccc(OC)cc2)C1.I. The van der Waals surface area contributed by atoms with Crippen LogP contribution in [0.15, 0.2) is 47.6 Å². The minimum Gasteiger partial charge on any atom is -0.497 e. The number of pyridine rings is 1. The normalized spacial score (nSPS) is 17.0. The monoisotopic (exact) mass is 486 g/mol. The topological polar surface area (TPSA) is 49.8 Å². The summed E-state index contributed by atoms with van der Waals surface area (Å²) in [5.74, 6) is 2.33. The molecule has 7 heteroatoms. The molecule has 1 aromatic heterocycles. The van der Waals surface area contributed by atoms with E-state index in [1.165, 1.54) is 5.56 Å². The minimum atomic E-state index is 0. The molecule has 5 nitrogen and oxygen atoms in total. The highest BCUT2D eigenvalue weighted by atomic mass is 127. The molecule has 140 valence electrons. The van der Waals surface area contributed by atoms with Crippen LogP contribution in [0.3, 0.4) is 0 Å². The molecule has 1 aliphatic heterocycles. The number of benzene rings is 1. The van der Waals surface area contributed by atoms with Gasteiger partial charge in [-0.15, -0.1) is 24.0 Å². The van der Waals surface area contributed by atoms with E-state index in [-0.39, 0.29) is 24.0 Å². The molecular weight excluding hydrogens is 463 g/mol. The maximum Gasteiger partial charge on any atom is 0.193 e. The van der Waals surface area contributed by atoms with Crippen molar-refractivity contribution in [2.45, 2.75) is 18.9 Å². The molecule has 1 N–H and O–H groups in total. The van der Waals surface area contributed by atoms with Crippen LogP contribution < -0.4 is 10.1 Å². The van der Waals surface area contributed by atoms with Gasteiger partial charge in [-0.05, 0) is 35.7 Å². The fraction of sp³-hybridized carbons (Fsp3) is 0.368. The predicted molar refractivity (Wildman–Crippen MR) is 117 cm³/mol. The number of guanidine groups is 1. The Morgan fingerprint density at radius 2 is 2.08 bits per heavy atom. The second-order valence-electron chi connectivity index (χ2n) is 6.09. The maximum atomic E-state index is 5.83. The van der Waals surface area contributed by atoms with E-state index < -0.39 is 0 Å². The molecule has 3 rings (SSSR count). The van der Waals surface area contributed by atoms with E-state index in [4.69, 9.17) is 16.3 Å². The fourth-order valence-electron chi connectivity index (χ4n) is 3.13. The lowest BCUT2D eigenvalue weighted by atomic mass is 9.98. The zero-order valence-corrected chi connectivity index (χ0v) is 18.1. The van der Waals surface area contributed by atoms with Crippen LogP contribution >= 0.6 is 35.6 Å². The smallest absolute Gasteiger partial charge is 0.193 e. The lowest BCUT2D eigenvalue weighted by Crippen LogP contribution is -2.39. The van der Waals surface area contributed by atoms with Gasteiger partial charge in [0.15, 0.2) is 5.96 Å². The Kier molecular flexibility index (Phi) is 7.96. The largest absolute Gasteiger partial charge is 0.497 e. The molecule has 2 heterocycles. The van der Waals surface area contributed by atoms with E-state index in [9.17, 15) is 0 Å². The van der Waals surface area contributed by atoms with E-state index in [0.717, 1.165) is 36.8 Å². The number of methoxy groups -OCH3 is 1. The summed E-state index contributed by atoms with van der Waals surface area (Å²) >= 11 is 5.83. The van der Waals surface area contributed by atoms with Crippen LogP contribution in [-0.2, 0) is 6.54 Å². The van der Waals surface area contributed by atoms with E-state index in [2.05, 4.69) is 32.3 Å². The molecule has 0 spiro atoms. The second kappa shape index (κ2) is 9.97. The number of rotatable bonds is 4. The number of ether oxygens (including phenoxy) is 1. The van der Waals surface area contributed by atoms with Crippen LogP contribution in [0.1, 0.15) is 23.5 Å². The third-order valence-corrected chi connectivity index (χ3v) is 4.75. The molecule has 1 unspecified atom stereocenters. The Labute approximate surface area is 176 Å². The summed E-state index contributed by atoms with van der Waals surface area (Å²) < 4.78 is 5.24. The van der Waals surface area contributed by atoms with Gasteiger partial charge in [-0.3, -0.25) is 4.99 Å². The highest BCUT2D eigenvalue weighted by Gasteiger charge is 2.26. The van der Waals surface area contributed by atoms with Crippen molar-refractivity contribution < 1.29 is 4.74 Å². The molecule has 1 aliphatic rings. The van der Waals surface area contributed by atoms with Gasteiger partial charge in [0, 0.05) is 38.8 Å². The average molecular weight is 487 g/mol. The number of aliphatic imine (C=N–C) groups is 1. The molecule has 1 saturated heterocycles. The molecule has 26 heavy (non-hydrogen) atoms. The first-order valence-corrected chi connectivity index (χ1v) is 8.77. The van der Waals surface area contributed by atoms with E-state index in [1.807, 2.05) is 25.2 Å². The Morgan fingerprint density at radius 1 is 1.31 bits per heavy atom. The maximum absolute atomic E-state index is 5.83. The molecule has 2 aromatic rings. The van der Waals surface area contributed by atoms with Gasteiger partial charge in [0.2, 0.25) is 0 Å². The predicted octanol–water partition coefficient (Wildman–Crippen LogP) is 3.93. The molecule has 0 radical (unpaired) electrons. The Hall–Kier alpha value is -1.54. The van der Waals surface area contributed by atoms with Gasteiger partial charge in [-0.1, -0.05) is 29.8 Å². The standard InChI is InChI=1S/C19H23ClN4O.HI/c1-21-19(23-12-14-3-8-18(20)22-11-14)24-10-9-16(13-24)15-4-6-17(25-2)7-5-15;/h3-8,11,16H,9-10,12-13H2,1-2H3,(H,21,23);1H. The molecule has 0 saturated carbocycles. The van der Waals surface area contributed by atoms with Crippen molar-refractivity contribution in [3.05, 3.63) is 58.9 Å². The van der Waals surface area contributed by atoms with Crippen molar-refractivity contribution in [1.29, 1.82) is 0 Å². The van der Waals surface area contributed by atoms with Gasteiger partial charge >= 0.3 is 0 Å². The number of nitrogens with zero attached hydrogens (tertiary/aromatic N) is 3. The van der Waals surface area contributed by atoms with E-state index >= 15 is 0 Å². The van der Waals surface area contributed by atoms with Crippen LogP contribution in [0.4, 0.5) is 0 Å². The van der Waals surface area contributed by atoms with Crippen LogP contribution in [0.5, 0.6) is 5.75 Å². The highest BCUT2D eigenvalue weighted by Crippen LogP contribution is 2.28. The third kappa shape index (κ3) is 5.23. The van der Waals surface area contributed by atoms with Crippen molar-refractivity contribution in [2.24, 2.45) is 4.99 Å². The number of aromatic nitrogens is 1. The lowest BCUT2D eigenvalue weighted by Gasteiger charge is -2.22. The first kappa shape index (κ1) is 20.8. The zero-order valence-electron chi connectivity index (χ0n) is 15.0. The first-order valence-electron chi connectivity index (χ1n) is 8.39. The van der Waals surface area contributed by atoms with Crippen molar-refractivity contribution >= 4 is 41.5 Å². The fourth-order valence-corrected chi connectivity index (χ4v) is 3.24. The van der Waals surface area contributed by atoms with Crippen LogP contribution in [-0.4, -0.2) is 43.1 Å². The van der Waals surface area contributed by atoms with Gasteiger partial charge in [-0.25, -0.2) is 4.98 Å². The lowest BCUT2D eigenvalue weighted by molar-refractivity contribution is 0.414. The van der Waals surface area contributed by atoms with Gasteiger partial charge in [0.05, 0.1) is 7.11 Å². The van der Waals surface area contributed by atoms with Crippen molar-refractivity contribution in [3.63, 3.8) is 0 Å². The minimum absolute atomic E-state index is 0. The molecule has 1 aromatic carbocycles. The Bertz CT molecular complexity index is 721. The molecule has 1 atom stereocenters. The van der Waals surface area contributed by atoms with Crippen molar-refractivity contribution in [2.75, 3.05) is 27.2 Å². The summed E-state index contributed by atoms with van der Waals surface area (Å²) in [7, 11) is 3.52. The molecule has 0 bridgehead atoms. The second-order valence-corrected chi connectivity index (χ2v) is 6.48. The summed E-state index contributed by atoms with van der Waals surface area (Å²) in [6, 6.07) is 12.1. The van der Waals surface area contributed by atoms with E-state index in [0.29, 0.717) is 17.6 Å². The summed E-state index contributed by atoms with van der Waals surface area (Å²) in [5.41, 5.74) is 2.43. The number of likely N-dealkylation sites (tertiary alicyclic amines) is 1. The molecular formula is C19H24ClIN4O. The number of hydrogen-bond acceptors (Lipinski definition) is 3.